The molecule has 0 spiro atoms. The first-order valence-electron chi connectivity index (χ1n) is 10.5. The van der Waals surface area contributed by atoms with E-state index in [4.69, 9.17) is 9.47 Å². The summed E-state index contributed by atoms with van der Waals surface area (Å²) in [5.41, 5.74) is 0.728. The molecule has 3 rings (SSSR count). The minimum absolute atomic E-state index is 0.00333. The van der Waals surface area contributed by atoms with E-state index in [2.05, 4.69) is 9.47 Å². The normalized spacial score (nSPS) is 13.8. The number of rotatable bonds is 6. The minimum atomic E-state index is -1.06. The molecule has 0 saturated carbocycles. The summed E-state index contributed by atoms with van der Waals surface area (Å²) in [6, 6.07) is 7.27. The van der Waals surface area contributed by atoms with Crippen LogP contribution in [0.3, 0.4) is 0 Å². The molecule has 0 N–H and O–H groups in total. The average Bonchev–Trinajstić information content (AvgIpc) is 2.86. The molecule has 1 aliphatic heterocycles. The van der Waals surface area contributed by atoms with E-state index in [0.29, 0.717) is 11.6 Å². The first kappa shape index (κ1) is 27.1. The third kappa shape index (κ3) is 6.94. The van der Waals surface area contributed by atoms with Gasteiger partial charge < -0.3 is 23.8 Å². The van der Waals surface area contributed by atoms with Crippen LogP contribution < -0.4 is 4.90 Å². The number of esters is 2. The van der Waals surface area contributed by atoms with E-state index in [1.165, 1.54) is 20.3 Å². The molecule has 0 atom stereocenters. The molecule has 0 aromatic heterocycles. The van der Waals surface area contributed by atoms with Gasteiger partial charge in [0.05, 0.1) is 31.0 Å². The molecule has 0 amide bonds. The Hall–Kier alpha value is -3.11. The van der Waals surface area contributed by atoms with Crippen molar-refractivity contribution in [2.24, 2.45) is 5.92 Å². The lowest BCUT2D eigenvalue weighted by molar-refractivity contribution is -0.141. The van der Waals surface area contributed by atoms with Crippen LogP contribution in [0.4, 0.5) is 18.9 Å². The highest BCUT2D eigenvalue weighted by atomic mass is 19.2. The number of carbonyl (C=O) groups is 2. The quantitative estimate of drug-likeness (QED) is 0.450. The molecule has 1 aliphatic rings. The van der Waals surface area contributed by atoms with Crippen LogP contribution in [-0.4, -0.2) is 59.8 Å². The summed E-state index contributed by atoms with van der Waals surface area (Å²) in [6.07, 6.45) is 1.52. The summed E-state index contributed by atoms with van der Waals surface area (Å²) in [4.78, 5) is 24.2. The lowest BCUT2D eigenvalue weighted by atomic mass is 9.95. The van der Waals surface area contributed by atoms with Gasteiger partial charge >= 0.3 is 11.9 Å². The molecule has 10 heteroatoms. The van der Waals surface area contributed by atoms with Gasteiger partial charge in [-0.25, -0.2) is 22.8 Å². The topological polar surface area (TPSA) is 74.3 Å². The van der Waals surface area contributed by atoms with Crippen LogP contribution in [0.2, 0.25) is 0 Å². The Labute approximate surface area is 196 Å². The van der Waals surface area contributed by atoms with Crippen molar-refractivity contribution in [2.45, 2.75) is 19.1 Å². The van der Waals surface area contributed by atoms with Gasteiger partial charge in [-0.15, -0.1) is 0 Å². The number of ether oxygens (including phenoxy) is 4. The molecular weight excluding hydrogens is 455 g/mol. The van der Waals surface area contributed by atoms with E-state index in [9.17, 15) is 22.8 Å². The van der Waals surface area contributed by atoms with Gasteiger partial charge in [0.25, 0.3) is 0 Å². The zero-order valence-corrected chi connectivity index (χ0v) is 19.5. The molecule has 0 unspecified atom stereocenters. The highest BCUT2D eigenvalue weighted by Crippen LogP contribution is 2.28. The maximum atomic E-state index is 14.2. The minimum Gasteiger partial charge on any atom is -0.465 e. The SMILES string of the molecule is COC(=O)c1ccc(F)c(F)c1.COC(=O)c1ccc(N2CCC(C(OC)OC)CC2)c(F)c1. The number of benzene rings is 2. The number of carbonyl (C=O) groups excluding carboxylic acids is 2. The largest absolute Gasteiger partial charge is 0.465 e. The molecule has 34 heavy (non-hydrogen) atoms. The summed E-state index contributed by atoms with van der Waals surface area (Å²) < 4.78 is 58.5. The number of nitrogens with zero attached hydrogens (tertiary/aromatic N) is 1. The van der Waals surface area contributed by atoms with Crippen LogP contribution in [0.1, 0.15) is 33.6 Å². The van der Waals surface area contributed by atoms with Gasteiger partial charge in [0, 0.05) is 33.2 Å². The second-order valence-corrected chi connectivity index (χ2v) is 7.44. The van der Waals surface area contributed by atoms with Crippen molar-refractivity contribution in [3.63, 3.8) is 0 Å². The van der Waals surface area contributed by atoms with Crippen LogP contribution in [0.25, 0.3) is 0 Å². The molecule has 1 fully saturated rings. The Morgan fingerprint density at radius 1 is 0.794 bits per heavy atom. The number of anilines is 1. The Balaban J connectivity index is 0.000000287. The molecule has 2 aromatic carbocycles. The number of halogens is 3. The maximum absolute atomic E-state index is 14.2. The van der Waals surface area contributed by atoms with Crippen molar-refractivity contribution in [3.8, 4) is 0 Å². The van der Waals surface area contributed by atoms with E-state index >= 15 is 0 Å². The number of hydrogen-bond acceptors (Lipinski definition) is 7. The zero-order chi connectivity index (χ0) is 25.3. The Morgan fingerprint density at radius 3 is 1.74 bits per heavy atom. The first-order valence-corrected chi connectivity index (χ1v) is 10.5. The molecule has 1 saturated heterocycles. The summed E-state index contributed by atoms with van der Waals surface area (Å²) in [5.74, 6) is -3.36. The second-order valence-electron chi connectivity index (χ2n) is 7.44. The monoisotopic (exact) mass is 483 g/mol. The van der Waals surface area contributed by atoms with Gasteiger partial charge in [-0.2, -0.15) is 0 Å². The third-order valence-electron chi connectivity index (χ3n) is 5.44. The smallest absolute Gasteiger partial charge is 0.337 e. The number of piperidine rings is 1. The summed E-state index contributed by atoms with van der Waals surface area (Å²) in [5, 5.41) is 0. The average molecular weight is 483 g/mol. The highest BCUT2D eigenvalue weighted by molar-refractivity contribution is 5.90. The fraction of sp³-hybridized carbons (Fsp3) is 0.417. The van der Waals surface area contributed by atoms with E-state index < -0.39 is 29.4 Å². The van der Waals surface area contributed by atoms with Gasteiger partial charge in [-0.1, -0.05) is 0 Å². The molecular formula is C24H28F3NO6. The van der Waals surface area contributed by atoms with E-state index in [-0.39, 0.29) is 17.4 Å². The Kier molecular flexibility index (Phi) is 10.3. The summed E-state index contributed by atoms with van der Waals surface area (Å²) >= 11 is 0. The van der Waals surface area contributed by atoms with Crippen molar-refractivity contribution < 1.29 is 41.7 Å². The fourth-order valence-corrected chi connectivity index (χ4v) is 3.64. The maximum Gasteiger partial charge on any atom is 0.337 e. The molecule has 186 valence electrons. The summed E-state index contributed by atoms with van der Waals surface area (Å²) in [6.45, 7) is 1.45. The second kappa shape index (κ2) is 13.0. The van der Waals surface area contributed by atoms with Gasteiger partial charge in [0.15, 0.2) is 17.9 Å². The molecule has 1 heterocycles. The van der Waals surface area contributed by atoms with Gasteiger partial charge in [-0.05, 0) is 49.2 Å². The predicted octanol–water partition coefficient (Wildman–Crippen LogP) is 4.20. The van der Waals surface area contributed by atoms with Crippen LogP contribution >= 0.6 is 0 Å². The van der Waals surface area contributed by atoms with Crippen molar-refractivity contribution in [2.75, 3.05) is 46.4 Å². The molecule has 7 nitrogen and oxygen atoms in total. The van der Waals surface area contributed by atoms with Crippen LogP contribution in [0.15, 0.2) is 36.4 Å². The highest BCUT2D eigenvalue weighted by Gasteiger charge is 2.27. The fourth-order valence-electron chi connectivity index (χ4n) is 3.64. The van der Waals surface area contributed by atoms with Crippen LogP contribution in [0.5, 0.6) is 0 Å². The predicted molar refractivity (Wildman–Crippen MR) is 118 cm³/mol. The van der Waals surface area contributed by atoms with E-state index in [1.807, 2.05) is 4.90 Å². The lowest BCUT2D eigenvalue weighted by Gasteiger charge is -2.36. The van der Waals surface area contributed by atoms with Crippen molar-refractivity contribution in [1.82, 2.24) is 0 Å². The molecule has 2 aromatic rings. The number of methoxy groups -OCH3 is 4. The first-order chi connectivity index (χ1) is 16.2. The molecule has 0 radical (unpaired) electrons. The van der Waals surface area contributed by atoms with Crippen molar-refractivity contribution in [1.29, 1.82) is 0 Å². The Morgan fingerprint density at radius 2 is 1.29 bits per heavy atom. The van der Waals surface area contributed by atoms with E-state index in [0.717, 1.165) is 44.1 Å². The van der Waals surface area contributed by atoms with Gasteiger partial charge in [-0.3, -0.25) is 0 Å². The lowest BCUT2D eigenvalue weighted by Crippen LogP contribution is -2.39. The molecule has 0 aliphatic carbocycles. The zero-order valence-electron chi connectivity index (χ0n) is 19.5. The van der Waals surface area contributed by atoms with Crippen molar-refractivity contribution in [3.05, 3.63) is 65.0 Å². The Bertz CT molecular complexity index is 975. The van der Waals surface area contributed by atoms with Crippen LogP contribution in [-0.2, 0) is 18.9 Å². The third-order valence-corrected chi connectivity index (χ3v) is 5.44. The number of hydrogen-bond donors (Lipinski definition) is 0. The van der Waals surface area contributed by atoms with Gasteiger partial charge in [0.2, 0.25) is 0 Å². The molecule has 0 bridgehead atoms. The standard InChI is InChI=1S/C16H22FNO4.C8H6F2O2/c1-20-15(19)12-4-5-14(13(17)10-12)18-8-6-11(7-9-18)16(21-2)22-3;1-12-8(11)5-2-3-6(9)7(10)4-5/h4-5,10-11,16H,6-9H2,1-3H3;2-4H,1H3. The summed E-state index contributed by atoms with van der Waals surface area (Å²) in [7, 11) is 5.71. The van der Waals surface area contributed by atoms with Gasteiger partial charge in [0.1, 0.15) is 5.82 Å². The van der Waals surface area contributed by atoms with Crippen LogP contribution in [0, 0.1) is 23.4 Å². The van der Waals surface area contributed by atoms with Crippen molar-refractivity contribution >= 4 is 17.6 Å². The van der Waals surface area contributed by atoms with E-state index in [1.54, 1.807) is 26.4 Å².